The Hall–Kier alpha value is -2.27. The van der Waals surface area contributed by atoms with E-state index < -0.39 is 0 Å². The second-order valence-corrected chi connectivity index (χ2v) is 3.70. The number of nitrogens with one attached hydrogen (secondary N) is 1. The molecule has 1 heterocycles. The van der Waals surface area contributed by atoms with E-state index in [2.05, 4.69) is 10.3 Å². The summed E-state index contributed by atoms with van der Waals surface area (Å²) in [4.78, 5) is 15.8. The summed E-state index contributed by atoms with van der Waals surface area (Å²) < 4.78 is 0. The van der Waals surface area contributed by atoms with Crippen LogP contribution in [0.5, 0.6) is 11.5 Å². The number of aromatic nitrogens is 1. The Labute approximate surface area is 116 Å². The van der Waals surface area contributed by atoms with Gasteiger partial charge in [0.05, 0.1) is 6.54 Å². The molecule has 0 unspecified atom stereocenters. The van der Waals surface area contributed by atoms with Crippen molar-refractivity contribution in [1.29, 1.82) is 0 Å². The topological polar surface area (TPSA) is 82.5 Å². The van der Waals surface area contributed by atoms with Gasteiger partial charge >= 0.3 is 0 Å². The van der Waals surface area contributed by atoms with Crippen molar-refractivity contribution < 1.29 is 15.0 Å². The van der Waals surface area contributed by atoms with Crippen LogP contribution in [-0.2, 0) is 0 Å². The molecule has 1 aromatic carbocycles. The van der Waals surface area contributed by atoms with Crippen molar-refractivity contribution in [2.24, 2.45) is 0 Å². The number of benzene rings is 1. The van der Waals surface area contributed by atoms with Gasteiger partial charge < -0.3 is 15.5 Å². The van der Waals surface area contributed by atoms with Crippen LogP contribution in [0.25, 0.3) is 0 Å². The monoisotopic (exact) mass is 280 g/mol. The molecular weight excluding hydrogens is 268 g/mol. The van der Waals surface area contributed by atoms with Crippen LogP contribution in [0, 0.1) is 0 Å². The van der Waals surface area contributed by atoms with E-state index >= 15 is 0 Å². The van der Waals surface area contributed by atoms with Crippen LogP contribution < -0.4 is 5.32 Å². The lowest BCUT2D eigenvalue weighted by atomic mass is 10.1. The number of aromatic hydroxyl groups is 2. The molecule has 0 atom stereocenters. The smallest absolute Gasteiger partial charge is 0.182 e. The first-order valence-corrected chi connectivity index (χ1v) is 5.37. The van der Waals surface area contributed by atoms with Crippen molar-refractivity contribution in [3.8, 4) is 11.5 Å². The number of carbonyl (C=O) groups is 1. The Morgan fingerprint density at radius 2 is 1.95 bits per heavy atom. The molecule has 3 N–H and O–H groups in total. The van der Waals surface area contributed by atoms with E-state index in [0.29, 0.717) is 11.4 Å². The van der Waals surface area contributed by atoms with E-state index in [1.54, 1.807) is 18.3 Å². The summed E-state index contributed by atoms with van der Waals surface area (Å²) >= 11 is 0. The Kier molecular flexibility index (Phi) is 5.14. The van der Waals surface area contributed by atoms with E-state index in [4.69, 9.17) is 5.11 Å². The number of anilines is 1. The molecular formula is C13H13ClN2O3. The van der Waals surface area contributed by atoms with Crippen LogP contribution in [0.3, 0.4) is 0 Å². The fourth-order valence-corrected chi connectivity index (χ4v) is 1.44. The number of nitrogens with zero attached hydrogens (tertiary/aromatic N) is 1. The van der Waals surface area contributed by atoms with Gasteiger partial charge in [-0.15, -0.1) is 12.4 Å². The number of halogens is 1. The summed E-state index contributed by atoms with van der Waals surface area (Å²) in [6.45, 7) is 0.0707. The van der Waals surface area contributed by atoms with Gasteiger partial charge in [-0.05, 0) is 30.3 Å². The number of rotatable bonds is 4. The number of pyridine rings is 1. The van der Waals surface area contributed by atoms with Gasteiger partial charge in [0.15, 0.2) is 17.3 Å². The lowest BCUT2D eigenvalue weighted by Crippen LogP contribution is -2.14. The summed E-state index contributed by atoms with van der Waals surface area (Å²) in [5, 5.41) is 21.3. The number of ketones is 1. The second kappa shape index (κ2) is 6.61. The largest absolute Gasteiger partial charge is 0.504 e. The third kappa shape index (κ3) is 3.86. The normalized spacial score (nSPS) is 9.47. The quantitative estimate of drug-likeness (QED) is 0.591. The molecule has 0 aliphatic rings. The Balaban J connectivity index is 0.00000180. The van der Waals surface area contributed by atoms with Gasteiger partial charge in [0.2, 0.25) is 0 Å². The van der Waals surface area contributed by atoms with Crippen molar-refractivity contribution in [3.05, 3.63) is 48.2 Å². The maximum Gasteiger partial charge on any atom is 0.182 e. The highest BCUT2D eigenvalue weighted by atomic mass is 35.5. The molecule has 2 rings (SSSR count). The van der Waals surface area contributed by atoms with E-state index in [1.165, 1.54) is 18.2 Å². The molecule has 5 nitrogen and oxygen atoms in total. The molecule has 1 aromatic heterocycles. The maximum absolute atomic E-state index is 11.8. The molecule has 0 spiro atoms. The third-order valence-corrected chi connectivity index (χ3v) is 2.39. The van der Waals surface area contributed by atoms with Gasteiger partial charge in [0.1, 0.15) is 5.82 Å². The molecule has 0 saturated heterocycles. The SMILES string of the molecule is Cl.O=C(CNc1ccccn1)c1ccc(O)c(O)c1. The van der Waals surface area contributed by atoms with Crippen LogP contribution in [0.2, 0.25) is 0 Å². The summed E-state index contributed by atoms with van der Waals surface area (Å²) in [6.07, 6.45) is 1.62. The van der Waals surface area contributed by atoms with Crippen LogP contribution in [0.15, 0.2) is 42.6 Å². The predicted octanol–water partition coefficient (Wildman–Crippen LogP) is 2.21. The Bertz CT molecular complexity index is 561. The van der Waals surface area contributed by atoms with Crippen LogP contribution in [-0.4, -0.2) is 27.5 Å². The first-order chi connectivity index (χ1) is 8.66. The van der Waals surface area contributed by atoms with E-state index in [-0.39, 0.29) is 36.2 Å². The first-order valence-electron chi connectivity index (χ1n) is 5.37. The molecule has 0 aliphatic carbocycles. The van der Waals surface area contributed by atoms with Crippen LogP contribution in [0.4, 0.5) is 5.82 Å². The lowest BCUT2D eigenvalue weighted by molar-refractivity contribution is 0.101. The van der Waals surface area contributed by atoms with E-state index in [0.717, 1.165) is 0 Å². The molecule has 100 valence electrons. The summed E-state index contributed by atoms with van der Waals surface area (Å²) in [5.74, 6) is -0.146. The minimum absolute atomic E-state index is 0. The Morgan fingerprint density at radius 3 is 2.58 bits per heavy atom. The number of carbonyl (C=O) groups excluding carboxylic acids is 1. The summed E-state index contributed by atoms with van der Waals surface area (Å²) in [5.41, 5.74) is 0.328. The highest BCUT2D eigenvalue weighted by molar-refractivity contribution is 5.99. The average Bonchev–Trinajstić information content (AvgIpc) is 2.40. The van der Waals surface area contributed by atoms with Crippen molar-refractivity contribution in [1.82, 2.24) is 4.98 Å². The van der Waals surface area contributed by atoms with Gasteiger partial charge in [-0.25, -0.2) is 4.98 Å². The molecule has 0 radical (unpaired) electrons. The zero-order valence-corrected chi connectivity index (χ0v) is 10.7. The second-order valence-electron chi connectivity index (χ2n) is 3.70. The highest BCUT2D eigenvalue weighted by Gasteiger charge is 2.08. The predicted molar refractivity (Wildman–Crippen MR) is 74.1 cm³/mol. The molecule has 0 amide bonds. The standard InChI is InChI=1S/C13H12N2O3.ClH/c16-10-5-4-9(7-11(10)17)12(18)8-15-13-3-1-2-6-14-13;/h1-7,16-17H,8H2,(H,14,15);1H. The van der Waals surface area contributed by atoms with Gasteiger partial charge in [-0.2, -0.15) is 0 Å². The number of phenols is 2. The maximum atomic E-state index is 11.8. The van der Waals surface area contributed by atoms with Gasteiger partial charge in [-0.3, -0.25) is 4.79 Å². The Morgan fingerprint density at radius 1 is 1.16 bits per heavy atom. The van der Waals surface area contributed by atoms with Gasteiger partial charge in [0.25, 0.3) is 0 Å². The van der Waals surface area contributed by atoms with Crippen molar-refractivity contribution in [2.45, 2.75) is 0 Å². The van der Waals surface area contributed by atoms with Crippen molar-refractivity contribution >= 4 is 24.0 Å². The van der Waals surface area contributed by atoms with E-state index in [9.17, 15) is 9.90 Å². The molecule has 6 heteroatoms. The summed E-state index contributed by atoms with van der Waals surface area (Å²) in [7, 11) is 0. The summed E-state index contributed by atoms with van der Waals surface area (Å²) in [6, 6.07) is 9.32. The molecule has 0 aliphatic heterocycles. The zero-order chi connectivity index (χ0) is 13.0. The van der Waals surface area contributed by atoms with Crippen molar-refractivity contribution in [3.63, 3.8) is 0 Å². The highest BCUT2D eigenvalue weighted by Crippen LogP contribution is 2.24. The zero-order valence-electron chi connectivity index (χ0n) is 9.91. The fraction of sp³-hybridized carbons (Fsp3) is 0.0769. The number of hydrogen-bond donors (Lipinski definition) is 3. The van der Waals surface area contributed by atoms with Crippen LogP contribution >= 0.6 is 12.4 Å². The molecule has 0 fully saturated rings. The minimum atomic E-state index is -0.307. The molecule has 0 saturated carbocycles. The first kappa shape index (κ1) is 14.8. The van der Waals surface area contributed by atoms with Gasteiger partial charge in [-0.1, -0.05) is 6.07 Å². The van der Waals surface area contributed by atoms with Crippen LogP contribution in [0.1, 0.15) is 10.4 Å². The third-order valence-electron chi connectivity index (χ3n) is 2.39. The number of phenolic OH excluding ortho intramolecular Hbond substituents is 2. The fourth-order valence-electron chi connectivity index (χ4n) is 1.44. The van der Waals surface area contributed by atoms with Crippen molar-refractivity contribution in [2.75, 3.05) is 11.9 Å². The molecule has 2 aromatic rings. The van der Waals surface area contributed by atoms with E-state index in [1.807, 2.05) is 6.07 Å². The average molecular weight is 281 g/mol. The molecule has 0 bridgehead atoms. The number of Topliss-reactive ketones (excluding diaryl/α,β-unsaturated/α-hetero) is 1. The number of hydrogen-bond acceptors (Lipinski definition) is 5. The minimum Gasteiger partial charge on any atom is -0.504 e. The lowest BCUT2D eigenvalue weighted by Gasteiger charge is -2.05. The van der Waals surface area contributed by atoms with Gasteiger partial charge in [0, 0.05) is 11.8 Å². The molecule has 19 heavy (non-hydrogen) atoms.